The summed E-state index contributed by atoms with van der Waals surface area (Å²) in [7, 11) is 1.66. The predicted octanol–water partition coefficient (Wildman–Crippen LogP) is 1.33. The molecule has 0 bridgehead atoms. The SMILES string of the molecule is COCCCOCCOc1ccc(C=O)cn1. The molecule has 0 fully saturated rings. The molecule has 0 aromatic carbocycles. The Morgan fingerprint density at radius 1 is 1.24 bits per heavy atom. The van der Waals surface area contributed by atoms with Crippen LogP contribution in [0.2, 0.25) is 0 Å². The van der Waals surface area contributed by atoms with Crippen molar-refractivity contribution >= 4 is 6.29 Å². The van der Waals surface area contributed by atoms with Crippen molar-refractivity contribution in [1.29, 1.82) is 0 Å². The van der Waals surface area contributed by atoms with Gasteiger partial charge < -0.3 is 14.2 Å². The molecule has 5 heteroatoms. The van der Waals surface area contributed by atoms with Gasteiger partial charge in [-0.2, -0.15) is 0 Å². The van der Waals surface area contributed by atoms with Crippen LogP contribution in [0.1, 0.15) is 16.8 Å². The van der Waals surface area contributed by atoms with E-state index in [2.05, 4.69) is 4.98 Å². The highest BCUT2D eigenvalue weighted by atomic mass is 16.5. The number of carbonyl (C=O) groups is 1. The van der Waals surface area contributed by atoms with Crippen LogP contribution in [0.5, 0.6) is 5.88 Å². The molecule has 1 heterocycles. The zero-order valence-corrected chi connectivity index (χ0v) is 9.93. The Labute approximate surface area is 101 Å². The van der Waals surface area contributed by atoms with Crippen molar-refractivity contribution in [1.82, 2.24) is 4.98 Å². The van der Waals surface area contributed by atoms with Crippen molar-refractivity contribution in [3.8, 4) is 5.88 Å². The molecule has 1 rings (SSSR count). The lowest BCUT2D eigenvalue weighted by Crippen LogP contribution is -2.09. The van der Waals surface area contributed by atoms with Crippen LogP contribution >= 0.6 is 0 Å². The van der Waals surface area contributed by atoms with Gasteiger partial charge in [-0.3, -0.25) is 4.79 Å². The molecule has 0 unspecified atom stereocenters. The standard InChI is InChI=1S/C12H17NO4/c1-15-5-2-6-16-7-8-17-12-4-3-11(10-14)9-13-12/h3-4,9-10H,2,5-8H2,1H3. The number of ether oxygens (including phenoxy) is 3. The molecule has 17 heavy (non-hydrogen) atoms. The van der Waals surface area contributed by atoms with Crippen molar-refractivity contribution in [2.24, 2.45) is 0 Å². The number of rotatable bonds is 9. The fourth-order valence-electron chi connectivity index (χ4n) is 1.16. The van der Waals surface area contributed by atoms with E-state index in [9.17, 15) is 4.79 Å². The molecule has 0 saturated carbocycles. The molecular formula is C12H17NO4. The predicted molar refractivity (Wildman–Crippen MR) is 62.4 cm³/mol. The molecule has 5 nitrogen and oxygen atoms in total. The van der Waals surface area contributed by atoms with E-state index in [4.69, 9.17) is 14.2 Å². The van der Waals surface area contributed by atoms with Crippen molar-refractivity contribution in [2.45, 2.75) is 6.42 Å². The van der Waals surface area contributed by atoms with Crippen LogP contribution in [-0.4, -0.2) is 44.8 Å². The van der Waals surface area contributed by atoms with Crippen molar-refractivity contribution in [3.63, 3.8) is 0 Å². The van der Waals surface area contributed by atoms with Gasteiger partial charge in [0.05, 0.1) is 6.61 Å². The molecular weight excluding hydrogens is 222 g/mol. The molecule has 94 valence electrons. The monoisotopic (exact) mass is 239 g/mol. The first kappa shape index (κ1) is 13.6. The van der Waals surface area contributed by atoms with Crippen LogP contribution in [0.25, 0.3) is 0 Å². The van der Waals surface area contributed by atoms with Gasteiger partial charge in [0, 0.05) is 38.2 Å². The third kappa shape index (κ3) is 5.99. The molecule has 0 aliphatic rings. The fourth-order valence-corrected chi connectivity index (χ4v) is 1.16. The molecule has 0 amide bonds. The number of carbonyl (C=O) groups excluding carboxylic acids is 1. The second kappa shape index (κ2) is 8.66. The Balaban J connectivity index is 2.07. The number of hydrogen-bond donors (Lipinski definition) is 0. The summed E-state index contributed by atoms with van der Waals surface area (Å²) in [6, 6.07) is 3.32. The lowest BCUT2D eigenvalue weighted by Gasteiger charge is -2.06. The Morgan fingerprint density at radius 2 is 2.12 bits per heavy atom. The Kier molecular flexibility index (Phi) is 6.93. The van der Waals surface area contributed by atoms with Crippen LogP contribution in [0.3, 0.4) is 0 Å². The van der Waals surface area contributed by atoms with Crippen molar-refractivity contribution in [3.05, 3.63) is 23.9 Å². The van der Waals surface area contributed by atoms with E-state index in [1.54, 1.807) is 19.2 Å². The van der Waals surface area contributed by atoms with E-state index in [1.807, 2.05) is 0 Å². The minimum absolute atomic E-state index is 0.445. The summed E-state index contributed by atoms with van der Waals surface area (Å²) < 4.78 is 15.5. The fraction of sp³-hybridized carbons (Fsp3) is 0.500. The summed E-state index contributed by atoms with van der Waals surface area (Å²) in [5.74, 6) is 0.496. The van der Waals surface area contributed by atoms with Crippen LogP contribution in [0.4, 0.5) is 0 Å². The Morgan fingerprint density at radius 3 is 2.76 bits per heavy atom. The molecule has 0 radical (unpaired) electrons. The van der Waals surface area contributed by atoms with E-state index >= 15 is 0 Å². The first-order valence-electron chi connectivity index (χ1n) is 5.47. The van der Waals surface area contributed by atoms with Crippen molar-refractivity contribution in [2.75, 3.05) is 33.5 Å². The zero-order chi connectivity index (χ0) is 12.3. The Hall–Kier alpha value is -1.46. The van der Waals surface area contributed by atoms with Crippen LogP contribution in [0.15, 0.2) is 18.3 Å². The zero-order valence-electron chi connectivity index (χ0n) is 9.93. The summed E-state index contributed by atoms with van der Waals surface area (Å²) in [5, 5.41) is 0. The van der Waals surface area contributed by atoms with E-state index < -0.39 is 0 Å². The highest BCUT2D eigenvalue weighted by molar-refractivity contribution is 5.73. The van der Waals surface area contributed by atoms with Crippen LogP contribution in [-0.2, 0) is 9.47 Å². The molecule has 0 saturated heterocycles. The first-order valence-corrected chi connectivity index (χ1v) is 5.47. The smallest absolute Gasteiger partial charge is 0.213 e. The number of aromatic nitrogens is 1. The van der Waals surface area contributed by atoms with Gasteiger partial charge in [-0.15, -0.1) is 0 Å². The summed E-state index contributed by atoms with van der Waals surface area (Å²) in [6.07, 6.45) is 3.10. The number of pyridine rings is 1. The normalized spacial score (nSPS) is 10.2. The topological polar surface area (TPSA) is 57.7 Å². The summed E-state index contributed by atoms with van der Waals surface area (Å²) in [6.45, 7) is 2.32. The number of hydrogen-bond acceptors (Lipinski definition) is 5. The highest BCUT2D eigenvalue weighted by Gasteiger charge is 1.96. The summed E-state index contributed by atoms with van der Waals surface area (Å²) >= 11 is 0. The maximum absolute atomic E-state index is 10.4. The lowest BCUT2D eigenvalue weighted by atomic mass is 10.3. The average molecular weight is 239 g/mol. The molecule has 0 N–H and O–H groups in total. The van der Waals surface area contributed by atoms with Gasteiger partial charge in [-0.05, 0) is 12.5 Å². The second-order valence-corrected chi connectivity index (χ2v) is 3.35. The Bertz CT molecular complexity index is 313. The van der Waals surface area contributed by atoms with Gasteiger partial charge >= 0.3 is 0 Å². The number of nitrogens with zero attached hydrogens (tertiary/aromatic N) is 1. The van der Waals surface area contributed by atoms with Crippen molar-refractivity contribution < 1.29 is 19.0 Å². The van der Waals surface area contributed by atoms with Gasteiger partial charge in [-0.25, -0.2) is 4.98 Å². The lowest BCUT2D eigenvalue weighted by molar-refractivity contribution is 0.0795. The maximum atomic E-state index is 10.4. The van der Waals surface area contributed by atoms with E-state index in [0.29, 0.717) is 37.9 Å². The largest absolute Gasteiger partial charge is 0.475 e. The summed E-state index contributed by atoms with van der Waals surface area (Å²) in [4.78, 5) is 14.4. The van der Waals surface area contributed by atoms with E-state index in [0.717, 1.165) is 12.7 Å². The van der Waals surface area contributed by atoms with Gasteiger partial charge in [0.25, 0.3) is 0 Å². The summed E-state index contributed by atoms with van der Waals surface area (Å²) in [5.41, 5.74) is 0.535. The quantitative estimate of drug-likeness (QED) is 0.480. The number of aldehydes is 1. The minimum atomic E-state index is 0.445. The minimum Gasteiger partial charge on any atom is -0.475 e. The van der Waals surface area contributed by atoms with Crippen LogP contribution < -0.4 is 4.74 Å². The van der Waals surface area contributed by atoms with E-state index in [1.165, 1.54) is 6.20 Å². The molecule has 0 aliphatic heterocycles. The van der Waals surface area contributed by atoms with Gasteiger partial charge in [0.2, 0.25) is 5.88 Å². The average Bonchev–Trinajstić information content (AvgIpc) is 2.38. The van der Waals surface area contributed by atoms with Gasteiger partial charge in [-0.1, -0.05) is 0 Å². The first-order chi connectivity index (χ1) is 8.36. The van der Waals surface area contributed by atoms with E-state index in [-0.39, 0.29) is 0 Å². The number of methoxy groups -OCH3 is 1. The van der Waals surface area contributed by atoms with Gasteiger partial charge in [0.1, 0.15) is 6.61 Å². The highest BCUT2D eigenvalue weighted by Crippen LogP contribution is 2.05. The molecule has 0 aliphatic carbocycles. The molecule has 0 spiro atoms. The maximum Gasteiger partial charge on any atom is 0.213 e. The van der Waals surface area contributed by atoms with Crippen LogP contribution in [0, 0.1) is 0 Å². The molecule has 0 atom stereocenters. The molecule has 1 aromatic heterocycles. The van der Waals surface area contributed by atoms with Gasteiger partial charge in [0.15, 0.2) is 6.29 Å². The molecule has 1 aromatic rings. The third-order valence-corrected chi connectivity index (χ3v) is 2.01. The second-order valence-electron chi connectivity index (χ2n) is 3.35. The third-order valence-electron chi connectivity index (χ3n) is 2.01.